The molecular formula is C31H39NO4. The maximum atomic E-state index is 11.7. The van der Waals surface area contributed by atoms with Gasteiger partial charge >= 0.3 is 5.97 Å². The lowest BCUT2D eigenvalue weighted by atomic mass is 9.94. The van der Waals surface area contributed by atoms with Gasteiger partial charge in [-0.05, 0) is 110 Å². The van der Waals surface area contributed by atoms with Crippen molar-refractivity contribution in [1.29, 1.82) is 0 Å². The molecule has 0 fully saturated rings. The van der Waals surface area contributed by atoms with E-state index in [-0.39, 0.29) is 5.97 Å². The number of ether oxygens (including phenoxy) is 3. The molecule has 3 aromatic rings. The molecule has 0 saturated heterocycles. The molecule has 3 aromatic carbocycles. The zero-order valence-electron chi connectivity index (χ0n) is 22.3. The molecule has 5 heteroatoms. The number of nitrogens with one attached hydrogen (secondary N) is 1. The van der Waals surface area contributed by atoms with Gasteiger partial charge in [0.2, 0.25) is 0 Å². The maximum Gasteiger partial charge on any atom is 0.306 e. The van der Waals surface area contributed by atoms with E-state index in [1.165, 1.54) is 38.9 Å². The van der Waals surface area contributed by atoms with E-state index in [1.807, 2.05) is 13.8 Å². The second-order valence-corrected chi connectivity index (χ2v) is 8.98. The largest absolute Gasteiger partial charge is 0.491 e. The van der Waals surface area contributed by atoms with Crippen LogP contribution in [-0.2, 0) is 27.2 Å². The number of hydrogen-bond donors (Lipinski definition) is 1. The zero-order chi connectivity index (χ0) is 25.9. The molecule has 0 aromatic heterocycles. The SMILES string of the molecule is CCOCCOc1cc(C)c(-c2cccc(CNc3ccc(CCC(=O)OCC)c(C)c3)c2)c(C)c1. The Morgan fingerprint density at radius 2 is 1.64 bits per heavy atom. The van der Waals surface area contributed by atoms with Crippen molar-refractivity contribution in [2.45, 2.75) is 54.0 Å². The van der Waals surface area contributed by atoms with Gasteiger partial charge in [-0.15, -0.1) is 0 Å². The van der Waals surface area contributed by atoms with Gasteiger partial charge in [-0.3, -0.25) is 4.79 Å². The van der Waals surface area contributed by atoms with Crippen molar-refractivity contribution in [2.24, 2.45) is 0 Å². The Kier molecular flexibility index (Phi) is 10.4. The minimum Gasteiger partial charge on any atom is -0.491 e. The minimum atomic E-state index is -0.145. The van der Waals surface area contributed by atoms with Crippen molar-refractivity contribution in [2.75, 3.05) is 31.7 Å². The van der Waals surface area contributed by atoms with Crippen LogP contribution in [0.5, 0.6) is 5.75 Å². The Hall–Kier alpha value is -3.31. The van der Waals surface area contributed by atoms with Gasteiger partial charge in [0.15, 0.2) is 0 Å². The maximum absolute atomic E-state index is 11.7. The van der Waals surface area contributed by atoms with Crippen LogP contribution in [0.25, 0.3) is 11.1 Å². The van der Waals surface area contributed by atoms with Gasteiger partial charge in [-0.2, -0.15) is 0 Å². The number of benzene rings is 3. The fourth-order valence-electron chi connectivity index (χ4n) is 4.42. The average Bonchev–Trinajstić information content (AvgIpc) is 2.85. The van der Waals surface area contributed by atoms with Crippen LogP contribution in [-0.4, -0.2) is 32.4 Å². The number of esters is 1. The monoisotopic (exact) mass is 489 g/mol. The Morgan fingerprint density at radius 1 is 0.861 bits per heavy atom. The number of anilines is 1. The van der Waals surface area contributed by atoms with Crippen LogP contribution in [0.3, 0.4) is 0 Å². The third-order valence-corrected chi connectivity index (χ3v) is 6.17. The standard InChI is InChI=1S/C31H39NO4/c1-6-34-15-16-36-29-18-23(4)31(24(5)19-29)27-10-8-9-25(20-27)21-32-28-13-11-26(22(3)17-28)12-14-30(33)35-7-2/h8-11,13,17-20,32H,6-7,12,14-16,21H2,1-5H3. The lowest BCUT2D eigenvalue weighted by Gasteiger charge is -2.15. The number of hydrogen-bond acceptors (Lipinski definition) is 5. The molecule has 0 aliphatic heterocycles. The topological polar surface area (TPSA) is 56.8 Å². The van der Waals surface area contributed by atoms with E-state index in [1.54, 1.807) is 0 Å². The Balaban J connectivity index is 1.64. The van der Waals surface area contributed by atoms with E-state index < -0.39 is 0 Å². The molecule has 0 heterocycles. The molecule has 192 valence electrons. The highest BCUT2D eigenvalue weighted by molar-refractivity contribution is 5.72. The minimum absolute atomic E-state index is 0.145. The molecule has 0 atom stereocenters. The summed E-state index contributed by atoms with van der Waals surface area (Å²) in [5.74, 6) is 0.737. The summed E-state index contributed by atoms with van der Waals surface area (Å²) in [4.78, 5) is 11.7. The quantitative estimate of drug-likeness (QED) is 0.211. The summed E-state index contributed by atoms with van der Waals surface area (Å²) in [5, 5.41) is 3.54. The van der Waals surface area contributed by atoms with Crippen LogP contribution < -0.4 is 10.1 Å². The summed E-state index contributed by atoms with van der Waals surface area (Å²) < 4.78 is 16.3. The molecule has 0 spiro atoms. The van der Waals surface area contributed by atoms with Gasteiger partial charge in [-0.1, -0.05) is 24.3 Å². The Bertz CT molecular complexity index is 1130. The summed E-state index contributed by atoms with van der Waals surface area (Å²) in [6, 6.07) is 19.2. The molecule has 1 N–H and O–H groups in total. The van der Waals surface area contributed by atoms with E-state index in [4.69, 9.17) is 14.2 Å². The number of aryl methyl sites for hydroxylation is 4. The van der Waals surface area contributed by atoms with Gasteiger partial charge < -0.3 is 19.5 Å². The van der Waals surface area contributed by atoms with Crippen LogP contribution in [0.4, 0.5) is 5.69 Å². The van der Waals surface area contributed by atoms with E-state index in [0.717, 1.165) is 18.0 Å². The smallest absolute Gasteiger partial charge is 0.306 e. The summed E-state index contributed by atoms with van der Waals surface area (Å²) in [5.41, 5.74) is 9.47. The molecular weight excluding hydrogens is 450 g/mol. The van der Waals surface area contributed by atoms with Crippen LogP contribution >= 0.6 is 0 Å². The molecule has 0 saturated carbocycles. The van der Waals surface area contributed by atoms with Crippen molar-refractivity contribution in [1.82, 2.24) is 0 Å². The fourth-order valence-corrected chi connectivity index (χ4v) is 4.42. The Labute approximate surface area is 215 Å². The van der Waals surface area contributed by atoms with Crippen molar-refractivity contribution < 1.29 is 19.0 Å². The summed E-state index contributed by atoms with van der Waals surface area (Å²) in [7, 11) is 0. The van der Waals surface area contributed by atoms with E-state index >= 15 is 0 Å². The first kappa shape index (κ1) is 27.3. The van der Waals surface area contributed by atoms with Crippen molar-refractivity contribution in [3.8, 4) is 16.9 Å². The zero-order valence-corrected chi connectivity index (χ0v) is 22.3. The summed E-state index contributed by atoms with van der Waals surface area (Å²) in [6.07, 6.45) is 1.11. The third-order valence-electron chi connectivity index (χ3n) is 6.17. The van der Waals surface area contributed by atoms with Gasteiger partial charge in [0.05, 0.1) is 13.2 Å². The molecule has 0 radical (unpaired) electrons. The van der Waals surface area contributed by atoms with Crippen LogP contribution in [0.15, 0.2) is 54.6 Å². The number of rotatable bonds is 13. The molecule has 0 amide bonds. The van der Waals surface area contributed by atoms with Gasteiger partial charge in [0.1, 0.15) is 12.4 Å². The van der Waals surface area contributed by atoms with Crippen molar-refractivity contribution >= 4 is 11.7 Å². The van der Waals surface area contributed by atoms with Crippen molar-refractivity contribution in [3.05, 3.63) is 82.4 Å². The first-order valence-corrected chi connectivity index (χ1v) is 12.8. The second-order valence-electron chi connectivity index (χ2n) is 8.98. The molecule has 0 bridgehead atoms. The molecule has 0 aliphatic rings. The van der Waals surface area contributed by atoms with Gasteiger partial charge in [0, 0.05) is 25.3 Å². The van der Waals surface area contributed by atoms with Crippen LogP contribution in [0.2, 0.25) is 0 Å². The van der Waals surface area contributed by atoms with Gasteiger partial charge in [-0.25, -0.2) is 0 Å². The van der Waals surface area contributed by atoms with Crippen molar-refractivity contribution in [3.63, 3.8) is 0 Å². The molecule has 3 rings (SSSR count). The first-order chi connectivity index (χ1) is 17.4. The third kappa shape index (κ3) is 7.85. The molecule has 0 unspecified atom stereocenters. The highest BCUT2D eigenvalue weighted by atomic mass is 16.5. The van der Waals surface area contributed by atoms with Gasteiger partial charge in [0.25, 0.3) is 0 Å². The predicted octanol–water partition coefficient (Wildman–Crippen LogP) is 6.80. The van der Waals surface area contributed by atoms with E-state index in [2.05, 4.69) is 80.7 Å². The lowest BCUT2D eigenvalue weighted by Crippen LogP contribution is -2.06. The average molecular weight is 490 g/mol. The fraction of sp³-hybridized carbons (Fsp3) is 0.387. The summed E-state index contributed by atoms with van der Waals surface area (Å²) >= 11 is 0. The number of carbonyl (C=O) groups excluding carboxylic acids is 1. The highest BCUT2D eigenvalue weighted by Crippen LogP contribution is 2.31. The molecule has 0 aliphatic carbocycles. The van der Waals surface area contributed by atoms with E-state index in [9.17, 15) is 4.79 Å². The van der Waals surface area contributed by atoms with Crippen LogP contribution in [0, 0.1) is 20.8 Å². The summed E-state index contributed by atoms with van der Waals surface area (Å²) in [6.45, 7) is 13.2. The lowest BCUT2D eigenvalue weighted by molar-refractivity contribution is -0.143. The van der Waals surface area contributed by atoms with E-state index in [0.29, 0.717) is 39.3 Å². The normalized spacial score (nSPS) is 10.8. The Morgan fingerprint density at radius 3 is 2.33 bits per heavy atom. The first-order valence-electron chi connectivity index (χ1n) is 12.8. The van der Waals surface area contributed by atoms with Crippen LogP contribution in [0.1, 0.15) is 48.1 Å². The predicted molar refractivity (Wildman–Crippen MR) is 147 cm³/mol. The number of carbonyl (C=O) groups is 1. The second kappa shape index (κ2) is 13.7. The highest BCUT2D eigenvalue weighted by Gasteiger charge is 2.10. The molecule has 5 nitrogen and oxygen atoms in total. The molecule has 36 heavy (non-hydrogen) atoms.